The number of likely N-dealkylation sites (tertiary alicyclic amines) is 1. The van der Waals surface area contributed by atoms with Crippen LogP contribution in [0.4, 0.5) is 5.82 Å². The molecule has 1 saturated heterocycles. The minimum absolute atomic E-state index is 0.170. The highest BCUT2D eigenvalue weighted by atomic mass is 16.2. The van der Waals surface area contributed by atoms with Crippen LogP contribution in [0.2, 0.25) is 0 Å². The average molecular weight is 244 g/mol. The summed E-state index contributed by atoms with van der Waals surface area (Å²) in [5.41, 5.74) is 0.472. The summed E-state index contributed by atoms with van der Waals surface area (Å²) in [6.45, 7) is 0. The summed E-state index contributed by atoms with van der Waals surface area (Å²) in [4.78, 5) is 28.3. The summed E-state index contributed by atoms with van der Waals surface area (Å²) >= 11 is 0. The number of nitriles is 1. The van der Waals surface area contributed by atoms with E-state index in [-0.39, 0.29) is 11.8 Å². The van der Waals surface area contributed by atoms with Crippen molar-refractivity contribution < 1.29 is 9.59 Å². The highest BCUT2D eigenvalue weighted by Gasteiger charge is 2.31. The quantitative estimate of drug-likeness (QED) is 0.766. The highest BCUT2D eigenvalue weighted by molar-refractivity contribution is 6.01. The molecule has 92 valence electrons. The van der Waals surface area contributed by atoms with Gasteiger partial charge < -0.3 is 5.32 Å². The van der Waals surface area contributed by atoms with Crippen molar-refractivity contribution in [2.45, 2.75) is 18.9 Å². The zero-order valence-electron chi connectivity index (χ0n) is 9.88. The van der Waals surface area contributed by atoms with Crippen LogP contribution >= 0.6 is 0 Å². The van der Waals surface area contributed by atoms with Crippen molar-refractivity contribution in [3.63, 3.8) is 0 Å². The van der Waals surface area contributed by atoms with Crippen LogP contribution < -0.4 is 5.32 Å². The zero-order valence-corrected chi connectivity index (χ0v) is 9.88. The molecule has 0 spiro atoms. The van der Waals surface area contributed by atoms with Crippen molar-refractivity contribution in [3.8, 4) is 6.07 Å². The summed E-state index contributed by atoms with van der Waals surface area (Å²) in [5.74, 6) is 0.0299. The molecule has 0 aromatic carbocycles. The number of nitrogens with one attached hydrogen (secondary N) is 1. The third kappa shape index (κ3) is 2.30. The average Bonchev–Trinajstić information content (AvgIpc) is 2.40. The van der Waals surface area contributed by atoms with E-state index in [9.17, 15) is 9.59 Å². The van der Waals surface area contributed by atoms with Gasteiger partial charge >= 0.3 is 0 Å². The Balaban J connectivity index is 2.12. The summed E-state index contributed by atoms with van der Waals surface area (Å²) in [6, 6.07) is 4.70. The summed E-state index contributed by atoms with van der Waals surface area (Å²) in [7, 11) is 1.47. The van der Waals surface area contributed by atoms with Gasteiger partial charge in [0.05, 0.1) is 11.6 Å². The summed E-state index contributed by atoms with van der Waals surface area (Å²) < 4.78 is 0. The highest BCUT2D eigenvalue weighted by Crippen LogP contribution is 2.16. The van der Waals surface area contributed by atoms with Crippen LogP contribution in [-0.4, -0.2) is 34.8 Å². The fourth-order valence-electron chi connectivity index (χ4n) is 1.81. The Hall–Kier alpha value is -2.42. The molecule has 6 nitrogen and oxygen atoms in total. The normalized spacial score (nSPS) is 19.6. The van der Waals surface area contributed by atoms with E-state index in [2.05, 4.69) is 10.3 Å². The van der Waals surface area contributed by atoms with E-state index in [0.29, 0.717) is 24.2 Å². The van der Waals surface area contributed by atoms with E-state index < -0.39 is 6.04 Å². The van der Waals surface area contributed by atoms with E-state index in [4.69, 9.17) is 5.26 Å². The molecule has 18 heavy (non-hydrogen) atoms. The molecular weight excluding hydrogens is 232 g/mol. The lowest BCUT2D eigenvalue weighted by Crippen LogP contribution is -2.48. The van der Waals surface area contributed by atoms with Crippen LogP contribution in [0.3, 0.4) is 0 Å². The fourth-order valence-corrected chi connectivity index (χ4v) is 1.81. The first kappa shape index (κ1) is 12.0. The van der Waals surface area contributed by atoms with Crippen LogP contribution in [0, 0.1) is 11.3 Å². The topological polar surface area (TPSA) is 86.1 Å². The number of hydrogen-bond acceptors (Lipinski definition) is 5. The minimum Gasteiger partial charge on any atom is -0.358 e. The first-order valence-corrected chi connectivity index (χ1v) is 5.55. The number of amides is 2. The standard InChI is InChI=1S/C12H12N4O2/c1-16-11(17)3-2-9(12(16)18)15-10-6-8(7-13)4-5-14-10/h4-6,9H,2-3H2,1H3,(H,14,15). The Morgan fingerprint density at radius 3 is 3.06 bits per heavy atom. The van der Waals surface area contributed by atoms with Gasteiger partial charge in [-0.25, -0.2) is 4.98 Å². The predicted octanol–water partition coefficient (Wildman–Crippen LogP) is 0.513. The third-order valence-corrected chi connectivity index (χ3v) is 2.86. The van der Waals surface area contributed by atoms with E-state index in [1.165, 1.54) is 13.2 Å². The van der Waals surface area contributed by atoms with Crippen LogP contribution in [0.25, 0.3) is 0 Å². The zero-order chi connectivity index (χ0) is 13.1. The number of rotatable bonds is 2. The molecule has 1 aromatic heterocycles. The lowest BCUT2D eigenvalue weighted by atomic mass is 10.0. The van der Waals surface area contributed by atoms with Gasteiger partial charge in [0, 0.05) is 19.7 Å². The molecule has 0 aliphatic carbocycles. The van der Waals surface area contributed by atoms with Crippen molar-refractivity contribution >= 4 is 17.6 Å². The Bertz CT molecular complexity index is 535. The molecule has 1 aliphatic rings. The minimum atomic E-state index is -0.464. The maximum absolute atomic E-state index is 11.8. The number of imide groups is 1. The molecule has 1 aromatic rings. The second-order valence-electron chi connectivity index (χ2n) is 4.07. The molecule has 1 N–H and O–H groups in total. The number of carbonyl (C=O) groups excluding carboxylic acids is 2. The Labute approximate surface area is 104 Å². The number of anilines is 1. The molecule has 0 bridgehead atoms. The Kier molecular flexibility index (Phi) is 3.24. The Morgan fingerprint density at radius 1 is 1.56 bits per heavy atom. The van der Waals surface area contributed by atoms with Gasteiger partial charge in [0.1, 0.15) is 11.9 Å². The van der Waals surface area contributed by atoms with Gasteiger partial charge in [0.25, 0.3) is 5.91 Å². The summed E-state index contributed by atoms with van der Waals surface area (Å²) in [6.07, 6.45) is 2.28. The fraction of sp³-hybridized carbons (Fsp3) is 0.333. The molecular formula is C12H12N4O2. The molecule has 2 rings (SSSR count). The number of carbonyl (C=O) groups is 2. The van der Waals surface area contributed by atoms with Gasteiger partial charge in [-0.3, -0.25) is 14.5 Å². The lowest BCUT2D eigenvalue weighted by molar-refractivity contribution is -0.146. The van der Waals surface area contributed by atoms with E-state index in [1.807, 2.05) is 6.07 Å². The maximum Gasteiger partial charge on any atom is 0.251 e. The van der Waals surface area contributed by atoms with Crippen LogP contribution in [0.15, 0.2) is 18.3 Å². The second kappa shape index (κ2) is 4.84. The van der Waals surface area contributed by atoms with Crippen LogP contribution in [-0.2, 0) is 9.59 Å². The molecule has 6 heteroatoms. The maximum atomic E-state index is 11.8. The molecule has 1 fully saturated rings. The first-order valence-electron chi connectivity index (χ1n) is 5.55. The Morgan fingerprint density at radius 2 is 2.33 bits per heavy atom. The third-order valence-electron chi connectivity index (χ3n) is 2.86. The predicted molar refractivity (Wildman–Crippen MR) is 63.4 cm³/mol. The molecule has 1 unspecified atom stereocenters. The largest absolute Gasteiger partial charge is 0.358 e. The van der Waals surface area contributed by atoms with Crippen LogP contribution in [0.5, 0.6) is 0 Å². The summed E-state index contributed by atoms with van der Waals surface area (Å²) in [5, 5.41) is 11.7. The smallest absolute Gasteiger partial charge is 0.251 e. The number of aromatic nitrogens is 1. The van der Waals surface area contributed by atoms with E-state index in [1.54, 1.807) is 12.1 Å². The van der Waals surface area contributed by atoms with Gasteiger partial charge in [-0.15, -0.1) is 0 Å². The second-order valence-corrected chi connectivity index (χ2v) is 4.07. The number of piperidine rings is 1. The molecule has 1 aliphatic heterocycles. The molecule has 1 atom stereocenters. The molecule has 2 amide bonds. The SMILES string of the molecule is CN1C(=O)CCC(Nc2cc(C#N)ccn2)C1=O. The number of hydrogen-bond donors (Lipinski definition) is 1. The van der Waals surface area contributed by atoms with Crippen molar-refractivity contribution in [3.05, 3.63) is 23.9 Å². The molecule has 2 heterocycles. The molecule has 0 saturated carbocycles. The van der Waals surface area contributed by atoms with Gasteiger partial charge in [-0.1, -0.05) is 0 Å². The van der Waals surface area contributed by atoms with E-state index >= 15 is 0 Å². The van der Waals surface area contributed by atoms with Gasteiger partial charge in [0.15, 0.2) is 0 Å². The first-order chi connectivity index (χ1) is 8.61. The molecule has 0 radical (unpaired) electrons. The van der Waals surface area contributed by atoms with Gasteiger partial charge in [0.2, 0.25) is 5.91 Å². The van der Waals surface area contributed by atoms with Gasteiger partial charge in [-0.05, 0) is 18.6 Å². The van der Waals surface area contributed by atoms with Gasteiger partial charge in [-0.2, -0.15) is 5.26 Å². The van der Waals surface area contributed by atoms with E-state index in [0.717, 1.165) is 4.90 Å². The number of likely N-dealkylation sites (N-methyl/N-ethyl adjacent to an activating group) is 1. The number of nitrogens with zero attached hydrogens (tertiary/aromatic N) is 3. The lowest BCUT2D eigenvalue weighted by Gasteiger charge is -2.28. The van der Waals surface area contributed by atoms with Crippen LogP contribution in [0.1, 0.15) is 18.4 Å². The van der Waals surface area contributed by atoms with Crippen molar-refractivity contribution in [1.82, 2.24) is 9.88 Å². The van der Waals surface area contributed by atoms with Crippen molar-refractivity contribution in [2.24, 2.45) is 0 Å². The van der Waals surface area contributed by atoms with Crippen molar-refractivity contribution in [2.75, 3.05) is 12.4 Å². The number of pyridine rings is 1. The van der Waals surface area contributed by atoms with Crippen molar-refractivity contribution in [1.29, 1.82) is 5.26 Å². The monoisotopic (exact) mass is 244 g/mol.